The normalized spacial score (nSPS) is 9.94. The summed E-state index contributed by atoms with van der Waals surface area (Å²) < 4.78 is 5.27. The zero-order valence-corrected chi connectivity index (χ0v) is 9.13. The van der Waals surface area contributed by atoms with Crippen LogP contribution in [0.3, 0.4) is 0 Å². The molecule has 86 valence electrons. The predicted octanol–water partition coefficient (Wildman–Crippen LogP) is 2.02. The molecular formula is C10H6ClN3O3. The molecule has 0 aromatic carbocycles. The lowest BCUT2D eigenvalue weighted by Crippen LogP contribution is -2.02. The molecule has 0 spiro atoms. The van der Waals surface area contributed by atoms with Gasteiger partial charge in [0.05, 0.1) is 23.6 Å². The molecule has 2 aromatic rings. The van der Waals surface area contributed by atoms with Crippen LogP contribution in [0.15, 0.2) is 30.9 Å². The summed E-state index contributed by atoms with van der Waals surface area (Å²) in [5.41, 5.74) is -0.197. The lowest BCUT2D eigenvalue weighted by Gasteiger charge is -2.04. The van der Waals surface area contributed by atoms with E-state index in [2.05, 4.69) is 15.0 Å². The van der Waals surface area contributed by atoms with E-state index in [-0.39, 0.29) is 11.6 Å². The number of ether oxygens (including phenoxy) is 1. The number of halogens is 1. The fraction of sp³-hybridized carbons (Fsp3) is 0. The van der Waals surface area contributed by atoms with Crippen molar-refractivity contribution >= 4 is 17.6 Å². The Labute approximate surface area is 101 Å². The van der Waals surface area contributed by atoms with Gasteiger partial charge in [0.2, 0.25) is 5.88 Å². The van der Waals surface area contributed by atoms with E-state index in [1.54, 1.807) is 0 Å². The average molecular weight is 252 g/mol. The maximum atomic E-state index is 10.7. The number of carboxylic acids is 1. The van der Waals surface area contributed by atoms with Gasteiger partial charge in [-0.1, -0.05) is 11.6 Å². The molecule has 0 saturated carbocycles. The molecule has 7 heteroatoms. The molecule has 0 fully saturated rings. The number of carboxylic acid groups (broad SMARTS) is 1. The lowest BCUT2D eigenvalue weighted by atomic mass is 10.4. The molecule has 0 unspecified atom stereocenters. The Hall–Kier alpha value is -2.21. The Kier molecular flexibility index (Phi) is 3.15. The smallest absolute Gasteiger partial charge is 0.356 e. The van der Waals surface area contributed by atoms with E-state index >= 15 is 0 Å². The van der Waals surface area contributed by atoms with E-state index in [9.17, 15) is 4.79 Å². The fourth-order valence-electron chi connectivity index (χ4n) is 1.07. The molecule has 0 bridgehead atoms. The van der Waals surface area contributed by atoms with Gasteiger partial charge in [0.25, 0.3) is 0 Å². The highest BCUT2D eigenvalue weighted by Crippen LogP contribution is 2.20. The molecule has 0 radical (unpaired) electrons. The third-order valence-electron chi connectivity index (χ3n) is 1.73. The van der Waals surface area contributed by atoms with Crippen LogP contribution in [0.25, 0.3) is 0 Å². The molecule has 17 heavy (non-hydrogen) atoms. The van der Waals surface area contributed by atoms with E-state index in [4.69, 9.17) is 21.4 Å². The highest BCUT2D eigenvalue weighted by Gasteiger charge is 2.07. The molecule has 0 atom stereocenters. The van der Waals surface area contributed by atoms with Gasteiger partial charge in [0, 0.05) is 12.3 Å². The van der Waals surface area contributed by atoms with E-state index in [0.29, 0.717) is 10.8 Å². The summed E-state index contributed by atoms with van der Waals surface area (Å²) >= 11 is 5.72. The van der Waals surface area contributed by atoms with Crippen LogP contribution in [-0.2, 0) is 0 Å². The summed E-state index contributed by atoms with van der Waals surface area (Å²) in [5, 5.41) is 9.14. The summed E-state index contributed by atoms with van der Waals surface area (Å²) in [6.45, 7) is 0. The van der Waals surface area contributed by atoms with Crippen molar-refractivity contribution < 1.29 is 14.6 Å². The summed E-state index contributed by atoms with van der Waals surface area (Å²) in [7, 11) is 0. The average Bonchev–Trinajstić information content (AvgIpc) is 2.29. The van der Waals surface area contributed by atoms with Crippen LogP contribution in [0.4, 0.5) is 0 Å². The second-order valence-electron chi connectivity index (χ2n) is 2.99. The first-order valence-corrected chi connectivity index (χ1v) is 4.86. The molecular weight excluding hydrogens is 246 g/mol. The Balaban J connectivity index is 2.24. The summed E-state index contributed by atoms with van der Waals surface area (Å²) in [5.74, 6) is -0.754. The summed E-state index contributed by atoms with van der Waals surface area (Å²) in [6.07, 6.45) is 5.31. The second kappa shape index (κ2) is 4.75. The molecule has 0 aliphatic carbocycles. The van der Waals surface area contributed by atoms with Crippen molar-refractivity contribution in [2.24, 2.45) is 0 Å². The van der Waals surface area contributed by atoms with Crippen LogP contribution in [0.5, 0.6) is 11.6 Å². The van der Waals surface area contributed by atoms with Crippen molar-refractivity contribution in [2.45, 2.75) is 0 Å². The number of carbonyl (C=O) groups is 1. The van der Waals surface area contributed by atoms with Gasteiger partial charge in [-0.25, -0.2) is 9.78 Å². The molecule has 0 aliphatic rings. The second-order valence-corrected chi connectivity index (χ2v) is 3.43. The van der Waals surface area contributed by atoms with Crippen molar-refractivity contribution in [2.75, 3.05) is 0 Å². The number of aromatic carboxylic acids is 1. The van der Waals surface area contributed by atoms with E-state index in [1.165, 1.54) is 24.7 Å². The van der Waals surface area contributed by atoms with Crippen molar-refractivity contribution in [1.29, 1.82) is 0 Å². The molecule has 2 rings (SSSR count). The Morgan fingerprint density at radius 2 is 2.00 bits per heavy atom. The van der Waals surface area contributed by atoms with E-state index in [0.717, 1.165) is 6.20 Å². The molecule has 0 aliphatic heterocycles. The van der Waals surface area contributed by atoms with Gasteiger partial charge in [-0.3, -0.25) is 9.97 Å². The maximum absolute atomic E-state index is 10.7. The standard InChI is InChI=1S/C10H6ClN3O3/c11-6-1-7(3-12-2-6)17-9-5-13-4-8(14-9)10(15)16/h1-5H,(H,15,16). The summed E-state index contributed by atoms with van der Waals surface area (Å²) in [4.78, 5) is 21.9. The first-order valence-electron chi connectivity index (χ1n) is 4.49. The van der Waals surface area contributed by atoms with Gasteiger partial charge in [-0.05, 0) is 0 Å². The van der Waals surface area contributed by atoms with Crippen molar-refractivity contribution in [3.05, 3.63) is 41.6 Å². The minimum atomic E-state index is -1.17. The fourth-order valence-corrected chi connectivity index (χ4v) is 1.23. The van der Waals surface area contributed by atoms with Gasteiger partial charge in [-0.2, -0.15) is 0 Å². The van der Waals surface area contributed by atoms with E-state index in [1.807, 2.05) is 0 Å². The Bertz CT molecular complexity index is 562. The Morgan fingerprint density at radius 1 is 1.24 bits per heavy atom. The summed E-state index contributed by atoms with van der Waals surface area (Å²) in [6, 6.07) is 1.53. The van der Waals surface area contributed by atoms with Crippen LogP contribution < -0.4 is 4.74 Å². The topological polar surface area (TPSA) is 85.2 Å². The van der Waals surface area contributed by atoms with Crippen LogP contribution in [0.2, 0.25) is 5.02 Å². The first-order chi connectivity index (χ1) is 8.15. The number of hydrogen-bond donors (Lipinski definition) is 1. The van der Waals surface area contributed by atoms with Crippen molar-refractivity contribution in [1.82, 2.24) is 15.0 Å². The molecule has 2 heterocycles. The predicted molar refractivity (Wildman–Crippen MR) is 58.3 cm³/mol. The van der Waals surface area contributed by atoms with Crippen LogP contribution in [-0.4, -0.2) is 26.0 Å². The largest absolute Gasteiger partial charge is 0.476 e. The zero-order chi connectivity index (χ0) is 12.3. The molecule has 0 saturated heterocycles. The maximum Gasteiger partial charge on any atom is 0.356 e. The van der Waals surface area contributed by atoms with E-state index < -0.39 is 5.97 Å². The van der Waals surface area contributed by atoms with Crippen LogP contribution >= 0.6 is 11.6 Å². The lowest BCUT2D eigenvalue weighted by molar-refractivity contribution is 0.0689. The SMILES string of the molecule is O=C(O)c1cncc(Oc2cncc(Cl)c2)n1. The quantitative estimate of drug-likeness (QED) is 0.898. The number of rotatable bonds is 3. The van der Waals surface area contributed by atoms with Gasteiger partial charge in [0.1, 0.15) is 5.75 Å². The number of aromatic nitrogens is 3. The zero-order valence-electron chi connectivity index (χ0n) is 8.37. The van der Waals surface area contributed by atoms with Gasteiger partial charge in [0.15, 0.2) is 5.69 Å². The third-order valence-corrected chi connectivity index (χ3v) is 1.94. The monoisotopic (exact) mass is 251 g/mol. The highest BCUT2D eigenvalue weighted by molar-refractivity contribution is 6.30. The molecule has 1 N–H and O–H groups in total. The van der Waals surface area contributed by atoms with Crippen LogP contribution in [0, 0.1) is 0 Å². The van der Waals surface area contributed by atoms with Gasteiger partial charge in [-0.15, -0.1) is 0 Å². The molecule has 6 nitrogen and oxygen atoms in total. The Morgan fingerprint density at radius 3 is 2.71 bits per heavy atom. The number of nitrogens with zero attached hydrogens (tertiary/aromatic N) is 3. The molecule has 0 amide bonds. The van der Waals surface area contributed by atoms with Gasteiger partial charge < -0.3 is 9.84 Å². The number of pyridine rings is 1. The minimum absolute atomic E-state index is 0.0639. The van der Waals surface area contributed by atoms with Crippen molar-refractivity contribution in [3.8, 4) is 11.6 Å². The highest BCUT2D eigenvalue weighted by atomic mass is 35.5. The van der Waals surface area contributed by atoms with Crippen molar-refractivity contribution in [3.63, 3.8) is 0 Å². The molecule has 2 aromatic heterocycles. The first kappa shape index (κ1) is 11.3. The van der Waals surface area contributed by atoms with Gasteiger partial charge >= 0.3 is 5.97 Å². The minimum Gasteiger partial charge on any atom is -0.476 e. The van der Waals surface area contributed by atoms with Crippen LogP contribution in [0.1, 0.15) is 10.5 Å². The third kappa shape index (κ3) is 2.88. The number of hydrogen-bond acceptors (Lipinski definition) is 5.